The maximum Gasteiger partial charge on any atom is 0.297 e. The van der Waals surface area contributed by atoms with E-state index < -0.39 is 10.1 Å². The fourth-order valence-corrected chi connectivity index (χ4v) is 3.39. The Balaban J connectivity index is 1.66. The Morgan fingerprint density at radius 1 is 1.00 bits per heavy atom. The first-order valence-electron chi connectivity index (χ1n) is 8.02. The number of aromatic nitrogens is 2. The van der Waals surface area contributed by atoms with Gasteiger partial charge in [-0.2, -0.15) is 13.5 Å². The van der Waals surface area contributed by atoms with Crippen molar-refractivity contribution in [3.63, 3.8) is 0 Å². The van der Waals surface area contributed by atoms with E-state index in [0.717, 1.165) is 22.5 Å². The molecule has 0 spiro atoms. The van der Waals surface area contributed by atoms with Crippen LogP contribution in [0, 0.1) is 13.8 Å². The highest BCUT2D eigenvalue weighted by Crippen LogP contribution is 2.18. The molecule has 130 valence electrons. The standard InChI is InChI=1S/C19H20N2O3S/c1-15-8-10-18(11-9-15)25(22,23)24-13-12-21-16(2)14-19(20-21)17-6-4-3-5-7-17/h3-11,14H,12-13H2,1-2H3. The Kier molecular flexibility index (Phi) is 5.01. The zero-order chi connectivity index (χ0) is 17.9. The van der Waals surface area contributed by atoms with Crippen LogP contribution < -0.4 is 0 Å². The Morgan fingerprint density at radius 3 is 2.36 bits per heavy atom. The number of aryl methyl sites for hydroxylation is 2. The van der Waals surface area contributed by atoms with E-state index in [1.165, 1.54) is 0 Å². The summed E-state index contributed by atoms with van der Waals surface area (Å²) in [6.45, 7) is 4.24. The maximum absolute atomic E-state index is 12.2. The van der Waals surface area contributed by atoms with E-state index in [-0.39, 0.29) is 11.5 Å². The second-order valence-electron chi connectivity index (χ2n) is 5.85. The Hall–Kier alpha value is -2.44. The van der Waals surface area contributed by atoms with Crippen LogP contribution in [0.25, 0.3) is 11.3 Å². The molecule has 0 aliphatic rings. The average molecular weight is 356 g/mol. The maximum atomic E-state index is 12.2. The van der Waals surface area contributed by atoms with Gasteiger partial charge in [0.2, 0.25) is 0 Å². The third kappa shape index (κ3) is 4.15. The molecule has 25 heavy (non-hydrogen) atoms. The van der Waals surface area contributed by atoms with Crippen LogP contribution in [0.1, 0.15) is 11.3 Å². The van der Waals surface area contributed by atoms with Gasteiger partial charge in [0.1, 0.15) is 0 Å². The Morgan fingerprint density at radius 2 is 1.68 bits per heavy atom. The minimum absolute atomic E-state index is 0.0347. The molecule has 2 aromatic carbocycles. The summed E-state index contributed by atoms with van der Waals surface area (Å²) in [6, 6.07) is 18.4. The minimum Gasteiger partial charge on any atom is -0.267 e. The number of rotatable bonds is 6. The number of benzene rings is 2. The van der Waals surface area contributed by atoms with Crippen molar-refractivity contribution in [1.29, 1.82) is 0 Å². The summed E-state index contributed by atoms with van der Waals surface area (Å²) in [5, 5.41) is 4.53. The molecular weight excluding hydrogens is 336 g/mol. The predicted molar refractivity (Wildman–Crippen MR) is 96.7 cm³/mol. The Bertz CT molecular complexity index is 946. The molecule has 0 atom stereocenters. The molecule has 0 unspecified atom stereocenters. The number of nitrogens with zero attached hydrogens (tertiary/aromatic N) is 2. The van der Waals surface area contributed by atoms with Gasteiger partial charge in [-0.3, -0.25) is 8.86 Å². The summed E-state index contributed by atoms with van der Waals surface area (Å²) in [5.74, 6) is 0. The molecule has 0 amide bonds. The fourth-order valence-electron chi connectivity index (χ4n) is 2.49. The van der Waals surface area contributed by atoms with Gasteiger partial charge in [0.05, 0.1) is 23.7 Å². The van der Waals surface area contributed by atoms with Crippen molar-refractivity contribution in [2.75, 3.05) is 6.61 Å². The zero-order valence-corrected chi connectivity index (χ0v) is 15.0. The lowest BCUT2D eigenvalue weighted by Gasteiger charge is -2.07. The van der Waals surface area contributed by atoms with Crippen molar-refractivity contribution in [3.8, 4) is 11.3 Å². The summed E-state index contributed by atoms with van der Waals surface area (Å²) < 4.78 is 31.3. The van der Waals surface area contributed by atoms with E-state index in [0.29, 0.717) is 6.54 Å². The largest absolute Gasteiger partial charge is 0.297 e. The molecule has 3 rings (SSSR count). The first kappa shape index (κ1) is 17.4. The minimum atomic E-state index is -3.75. The molecule has 0 aliphatic carbocycles. The van der Waals surface area contributed by atoms with Crippen molar-refractivity contribution in [2.24, 2.45) is 0 Å². The third-order valence-electron chi connectivity index (χ3n) is 3.90. The molecule has 0 radical (unpaired) electrons. The summed E-state index contributed by atoms with van der Waals surface area (Å²) in [6.07, 6.45) is 0. The van der Waals surface area contributed by atoms with Crippen molar-refractivity contribution >= 4 is 10.1 Å². The van der Waals surface area contributed by atoms with Gasteiger partial charge in [0.15, 0.2) is 0 Å². The van der Waals surface area contributed by atoms with E-state index in [1.54, 1.807) is 28.9 Å². The molecule has 5 nitrogen and oxygen atoms in total. The van der Waals surface area contributed by atoms with Crippen LogP contribution >= 0.6 is 0 Å². The van der Waals surface area contributed by atoms with Crippen molar-refractivity contribution in [1.82, 2.24) is 9.78 Å². The molecule has 6 heteroatoms. The fraction of sp³-hybridized carbons (Fsp3) is 0.211. The summed E-state index contributed by atoms with van der Waals surface area (Å²) in [5.41, 5.74) is 3.84. The molecule has 0 saturated carbocycles. The average Bonchev–Trinajstić information content (AvgIpc) is 2.97. The highest BCUT2D eigenvalue weighted by molar-refractivity contribution is 7.86. The molecule has 1 heterocycles. The molecule has 0 saturated heterocycles. The highest BCUT2D eigenvalue weighted by Gasteiger charge is 2.15. The van der Waals surface area contributed by atoms with Crippen molar-refractivity contribution in [3.05, 3.63) is 71.9 Å². The van der Waals surface area contributed by atoms with Gasteiger partial charge in [-0.1, -0.05) is 48.0 Å². The van der Waals surface area contributed by atoms with Crippen LogP contribution in [-0.4, -0.2) is 24.8 Å². The topological polar surface area (TPSA) is 61.2 Å². The zero-order valence-electron chi connectivity index (χ0n) is 14.2. The third-order valence-corrected chi connectivity index (χ3v) is 5.23. The Labute approximate surface area is 148 Å². The van der Waals surface area contributed by atoms with E-state index in [2.05, 4.69) is 5.10 Å². The van der Waals surface area contributed by atoms with Gasteiger partial charge >= 0.3 is 0 Å². The first-order valence-corrected chi connectivity index (χ1v) is 9.42. The molecule has 0 N–H and O–H groups in total. The second-order valence-corrected chi connectivity index (χ2v) is 7.46. The summed E-state index contributed by atoms with van der Waals surface area (Å²) in [4.78, 5) is 0.167. The molecular formula is C19H20N2O3S. The predicted octanol–water partition coefficient (Wildman–Crippen LogP) is 3.57. The summed E-state index contributed by atoms with van der Waals surface area (Å²) in [7, 11) is -3.75. The smallest absolute Gasteiger partial charge is 0.267 e. The number of hydrogen-bond donors (Lipinski definition) is 0. The summed E-state index contributed by atoms with van der Waals surface area (Å²) >= 11 is 0. The highest BCUT2D eigenvalue weighted by atomic mass is 32.2. The van der Waals surface area contributed by atoms with Gasteiger partial charge in [-0.05, 0) is 32.0 Å². The van der Waals surface area contributed by atoms with Crippen LogP contribution in [0.3, 0.4) is 0 Å². The molecule has 0 bridgehead atoms. The van der Waals surface area contributed by atoms with E-state index in [9.17, 15) is 8.42 Å². The monoisotopic (exact) mass is 356 g/mol. The van der Waals surface area contributed by atoms with Crippen LogP contribution in [-0.2, 0) is 20.8 Å². The van der Waals surface area contributed by atoms with Crippen LogP contribution in [0.15, 0.2) is 65.6 Å². The number of hydrogen-bond acceptors (Lipinski definition) is 4. The van der Waals surface area contributed by atoms with Gasteiger partial charge in [0.25, 0.3) is 10.1 Å². The normalized spacial score (nSPS) is 11.6. The van der Waals surface area contributed by atoms with Gasteiger partial charge in [0, 0.05) is 11.3 Å². The van der Waals surface area contributed by atoms with E-state index in [1.807, 2.05) is 50.2 Å². The molecule has 0 fully saturated rings. The molecule has 1 aromatic heterocycles. The van der Waals surface area contributed by atoms with Gasteiger partial charge in [-0.15, -0.1) is 0 Å². The van der Waals surface area contributed by atoms with E-state index in [4.69, 9.17) is 4.18 Å². The second kappa shape index (κ2) is 7.21. The first-order chi connectivity index (χ1) is 12.0. The SMILES string of the molecule is Cc1ccc(S(=O)(=O)OCCn2nc(-c3ccccc3)cc2C)cc1. The quantitative estimate of drug-likeness (QED) is 0.634. The lowest BCUT2D eigenvalue weighted by Crippen LogP contribution is -2.13. The van der Waals surface area contributed by atoms with Gasteiger partial charge < -0.3 is 0 Å². The molecule has 3 aromatic rings. The van der Waals surface area contributed by atoms with Crippen molar-refractivity contribution < 1.29 is 12.6 Å². The molecule has 0 aliphatic heterocycles. The lowest BCUT2D eigenvalue weighted by atomic mass is 10.1. The van der Waals surface area contributed by atoms with Crippen LogP contribution in [0.2, 0.25) is 0 Å². The van der Waals surface area contributed by atoms with E-state index >= 15 is 0 Å². The van der Waals surface area contributed by atoms with Crippen LogP contribution in [0.5, 0.6) is 0 Å². The van der Waals surface area contributed by atoms with Crippen LogP contribution in [0.4, 0.5) is 0 Å². The lowest BCUT2D eigenvalue weighted by molar-refractivity contribution is 0.293. The van der Waals surface area contributed by atoms with Crippen molar-refractivity contribution in [2.45, 2.75) is 25.3 Å². The van der Waals surface area contributed by atoms with Gasteiger partial charge in [-0.25, -0.2) is 0 Å².